The van der Waals surface area contributed by atoms with Gasteiger partial charge in [0.25, 0.3) is 5.69 Å². The molecule has 124 valence electrons. The molecule has 1 aliphatic rings. The Kier molecular flexibility index (Phi) is 5.64. The zero-order chi connectivity index (χ0) is 16.8. The van der Waals surface area contributed by atoms with E-state index in [1.807, 2.05) is 0 Å². The van der Waals surface area contributed by atoms with Gasteiger partial charge in [0, 0.05) is 32.0 Å². The Bertz CT molecular complexity index is 599. The summed E-state index contributed by atoms with van der Waals surface area (Å²) in [6, 6.07) is 4.05. The second-order valence-electron chi connectivity index (χ2n) is 5.42. The predicted molar refractivity (Wildman–Crippen MR) is 82.1 cm³/mol. The van der Waals surface area contributed by atoms with Crippen molar-refractivity contribution in [1.29, 1.82) is 0 Å². The number of hydrogen-bond acceptors (Lipinski definition) is 6. The first kappa shape index (κ1) is 16.9. The molecule has 0 spiro atoms. The van der Waals surface area contributed by atoms with Crippen LogP contribution in [0.1, 0.15) is 36.0 Å². The molecule has 1 amide bonds. The summed E-state index contributed by atoms with van der Waals surface area (Å²) in [7, 11) is 0. The summed E-state index contributed by atoms with van der Waals surface area (Å²) >= 11 is 0. The predicted octanol–water partition coefficient (Wildman–Crippen LogP) is 1.47. The van der Waals surface area contributed by atoms with Crippen LogP contribution >= 0.6 is 0 Å². The highest BCUT2D eigenvalue weighted by Crippen LogP contribution is 2.25. The Morgan fingerprint density at radius 2 is 2.13 bits per heavy atom. The molecule has 1 aliphatic heterocycles. The number of hydrogen-bond donors (Lipinski definition) is 1. The summed E-state index contributed by atoms with van der Waals surface area (Å²) in [5.74, 6) is -0.0471. The standard InChI is InChI=1S/C15H19N3O5/c16-14(20)5-6-15(17-7-1-2-8-17)23-12-3-4-13(18(21)22)11(9-12)10-19/h3-4,9-10,15H,1-2,5-8H2,(H2,16,20). The van der Waals surface area contributed by atoms with E-state index in [2.05, 4.69) is 4.90 Å². The average Bonchev–Trinajstić information content (AvgIpc) is 3.05. The molecule has 8 nitrogen and oxygen atoms in total. The van der Waals surface area contributed by atoms with Crippen LogP contribution < -0.4 is 10.5 Å². The van der Waals surface area contributed by atoms with E-state index in [0.29, 0.717) is 18.5 Å². The van der Waals surface area contributed by atoms with Crippen molar-refractivity contribution in [3.8, 4) is 5.75 Å². The first-order valence-corrected chi connectivity index (χ1v) is 7.44. The molecule has 0 radical (unpaired) electrons. The van der Waals surface area contributed by atoms with Crippen molar-refractivity contribution in [3.05, 3.63) is 33.9 Å². The van der Waals surface area contributed by atoms with Gasteiger partial charge in [0.2, 0.25) is 5.91 Å². The maximum absolute atomic E-state index is 11.0. The summed E-state index contributed by atoms with van der Waals surface area (Å²) in [5.41, 5.74) is 4.90. The summed E-state index contributed by atoms with van der Waals surface area (Å²) in [6.45, 7) is 1.72. The monoisotopic (exact) mass is 321 g/mol. The van der Waals surface area contributed by atoms with E-state index in [-0.39, 0.29) is 23.9 Å². The van der Waals surface area contributed by atoms with Crippen molar-refractivity contribution < 1.29 is 19.2 Å². The lowest BCUT2D eigenvalue weighted by Gasteiger charge is -2.28. The molecular weight excluding hydrogens is 302 g/mol. The van der Waals surface area contributed by atoms with E-state index < -0.39 is 10.8 Å². The molecule has 8 heteroatoms. The summed E-state index contributed by atoms with van der Waals surface area (Å²) in [6.07, 6.45) is 2.81. The van der Waals surface area contributed by atoms with Gasteiger partial charge in [-0.25, -0.2) is 0 Å². The summed E-state index contributed by atoms with van der Waals surface area (Å²) in [5, 5.41) is 10.8. The number of likely N-dealkylation sites (tertiary alicyclic amines) is 1. The highest BCUT2D eigenvalue weighted by Gasteiger charge is 2.24. The molecule has 0 aliphatic carbocycles. The number of nitro benzene ring substituents is 1. The number of nitro groups is 1. The van der Waals surface area contributed by atoms with Crippen molar-refractivity contribution in [1.82, 2.24) is 4.90 Å². The first-order chi connectivity index (χ1) is 11.0. The van der Waals surface area contributed by atoms with Crippen LogP contribution in [-0.2, 0) is 4.79 Å². The van der Waals surface area contributed by atoms with E-state index in [1.54, 1.807) is 0 Å². The Balaban J connectivity index is 2.15. The lowest BCUT2D eigenvalue weighted by atomic mass is 10.2. The van der Waals surface area contributed by atoms with Gasteiger partial charge in [-0.05, 0) is 25.0 Å². The fourth-order valence-corrected chi connectivity index (χ4v) is 2.64. The molecule has 1 atom stereocenters. The SMILES string of the molecule is NC(=O)CCC(Oc1ccc([N+](=O)[O-])c(C=O)c1)N1CCCC1. The van der Waals surface area contributed by atoms with E-state index >= 15 is 0 Å². The molecule has 1 unspecified atom stereocenters. The van der Waals surface area contributed by atoms with E-state index in [1.165, 1.54) is 18.2 Å². The minimum Gasteiger partial charge on any atom is -0.475 e. The molecule has 2 N–H and O–H groups in total. The van der Waals surface area contributed by atoms with Gasteiger partial charge in [-0.2, -0.15) is 0 Å². The zero-order valence-electron chi connectivity index (χ0n) is 12.6. The van der Waals surface area contributed by atoms with Crippen LogP contribution in [-0.4, -0.2) is 41.3 Å². The average molecular weight is 321 g/mol. The minimum absolute atomic E-state index is 0.0393. The third-order valence-electron chi connectivity index (χ3n) is 3.78. The molecule has 1 saturated heterocycles. The van der Waals surface area contributed by atoms with Gasteiger partial charge in [0.05, 0.1) is 10.5 Å². The Morgan fingerprint density at radius 1 is 1.43 bits per heavy atom. The highest BCUT2D eigenvalue weighted by atomic mass is 16.6. The molecule has 1 aromatic rings. The first-order valence-electron chi connectivity index (χ1n) is 7.44. The minimum atomic E-state index is -0.613. The number of carbonyl (C=O) groups excluding carboxylic acids is 2. The third-order valence-corrected chi connectivity index (χ3v) is 3.78. The van der Waals surface area contributed by atoms with Gasteiger partial charge < -0.3 is 10.5 Å². The van der Waals surface area contributed by atoms with Crippen molar-refractivity contribution in [3.63, 3.8) is 0 Å². The molecule has 2 rings (SSSR count). The molecule has 1 fully saturated rings. The normalized spacial score (nSPS) is 16.0. The zero-order valence-corrected chi connectivity index (χ0v) is 12.6. The Morgan fingerprint density at radius 3 is 2.70 bits per heavy atom. The van der Waals surface area contributed by atoms with Crippen LogP contribution in [0.15, 0.2) is 18.2 Å². The second kappa shape index (κ2) is 7.68. The molecule has 1 aromatic carbocycles. The number of ether oxygens (including phenoxy) is 1. The van der Waals surface area contributed by atoms with Crippen LogP contribution in [0.4, 0.5) is 5.69 Å². The largest absolute Gasteiger partial charge is 0.475 e. The number of aldehydes is 1. The molecule has 0 saturated carbocycles. The number of carbonyl (C=O) groups is 2. The lowest BCUT2D eigenvalue weighted by Crippen LogP contribution is -2.38. The smallest absolute Gasteiger partial charge is 0.280 e. The topological polar surface area (TPSA) is 116 Å². The second-order valence-corrected chi connectivity index (χ2v) is 5.42. The van der Waals surface area contributed by atoms with Crippen molar-refractivity contribution in [2.24, 2.45) is 5.73 Å². The van der Waals surface area contributed by atoms with E-state index in [9.17, 15) is 19.7 Å². The van der Waals surface area contributed by atoms with E-state index in [0.717, 1.165) is 25.9 Å². The Labute approximate surface area is 133 Å². The van der Waals surface area contributed by atoms with Gasteiger partial charge in [0.15, 0.2) is 12.5 Å². The maximum atomic E-state index is 11.0. The third kappa shape index (κ3) is 4.49. The molecule has 0 aromatic heterocycles. The fourth-order valence-electron chi connectivity index (χ4n) is 2.64. The van der Waals surface area contributed by atoms with Crippen LogP contribution in [0.3, 0.4) is 0 Å². The number of primary amides is 1. The highest BCUT2D eigenvalue weighted by molar-refractivity contribution is 5.82. The van der Waals surface area contributed by atoms with Gasteiger partial charge >= 0.3 is 0 Å². The van der Waals surface area contributed by atoms with Gasteiger partial charge in [-0.15, -0.1) is 0 Å². The van der Waals surface area contributed by atoms with Crippen LogP contribution in [0.2, 0.25) is 0 Å². The molecular formula is C15H19N3O5. The van der Waals surface area contributed by atoms with Crippen LogP contribution in [0.25, 0.3) is 0 Å². The van der Waals surface area contributed by atoms with Crippen molar-refractivity contribution >= 4 is 17.9 Å². The molecule has 0 bridgehead atoms. The van der Waals surface area contributed by atoms with Crippen LogP contribution in [0, 0.1) is 10.1 Å². The van der Waals surface area contributed by atoms with Crippen molar-refractivity contribution in [2.45, 2.75) is 31.9 Å². The maximum Gasteiger partial charge on any atom is 0.280 e. The van der Waals surface area contributed by atoms with Gasteiger partial charge in [-0.3, -0.25) is 24.6 Å². The quantitative estimate of drug-likeness (QED) is 0.440. The number of benzene rings is 1. The van der Waals surface area contributed by atoms with Crippen LogP contribution in [0.5, 0.6) is 5.75 Å². The van der Waals surface area contributed by atoms with Gasteiger partial charge in [0.1, 0.15) is 5.75 Å². The number of nitrogens with two attached hydrogens (primary N) is 1. The number of rotatable bonds is 8. The Hall–Kier alpha value is -2.48. The van der Waals surface area contributed by atoms with Crippen molar-refractivity contribution in [2.75, 3.05) is 13.1 Å². The number of amides is 1. The van der Waals surface area contributed by atoms with E-state index in [4.69, 9.17) is 10.5 Å². The summed E-state index contributed by atoms with van der Waals surface area (Å²) in [4.78, 5) is 34.4. The lowest BCUT2D eigenvalue weighted by molar-refractivity contribution is -0.385. The summed E-state index contributed by atoms with van der Waals surface area (Å²) < 4.78 is 5.86. The molecule has 23 heavy (non-hydrogen) atoms. The fraction of sp³-hybridized carbons (Fsp3) is 0.467. The molecule has 1 heterocycles. The number of nitrogens with zero attached hydrogens (tertiary/aromatic N) is 2. The van der Waals surface area contributed by atoms with Gasteiger partial charge in [-0.1, -0.05) is 0 Å².